The summed E-state index contributed by atoms with van der Waals surface area (Å²) in [4.78, 5) is 0. The highest BCUT2D eigenvalue weighted by atomic mass is 16.5. The fourth-order valence-corrected chi connectivity index (χ4v) is 2.49. The van der Waals surface area contributed by atoms with Crippen LogP contribution in [0, 0.1) is 0 Å². The molecule has 0 aliphatic heterocycles. The van der Waals surface area contributed by atoms with E-state index < -0.39 is 0 Å². The van der Waals surface area contributed by atoms with E-state index in [4.69, 9.17) is 9.84 Å². The first kappa shape index (κ1) is 13.7. The normalized spacial score (nSPS) is 10.9. The lowest BCUT2D eigenvalue weighted by Gasteiger charge is -2.08. The standard InChI is InChI=1S/C18H19NO2/c20-12-11-19-10-8-16-6-7-17(14-18(16)19)21-13-9-15-4-2-1-3-5-15/h1-8,10,14,20H,9,11-13H2. The zero-order valence-electron chi connectivity index (χ0n) is 11.9. The van der Waals surface area contributed by atoms with E-state index in [1.807, 2.05) is 41.1 Å². The second-order valence-electron chi connectivity index (χ2n) is 5.04. The van der Waals surface area contributed by atoms with Crippen LogP contribution in [-0.4, -0.2) is 22.9 Å². The van der Waals surface area contributed by atoms with Crippen molar-refractivity contribution in [3.05, 3.63) is 66.4 Å². The van der Waals surface area contributed by atoms with E-state index in [9.17, 15) is 0 Å². The molecule has 0 saturated carbocycles. The molecule has 0 bridgehead atoms. The van der Waals surface area contributed by atoms with Crippen LogP contribution in [-0.2, 0) is 13.0 Å². The number of aromatic nitrogens is 1. The predicted molar refractivity (Wildman–Crippen MR) is 84.7 cm³/mol. The van der Waals surface area contributed by atoms with E-state index in [0.29, 0.717) is 13.2 Å². The smallest absolute Gasteiger partial charge is 0.121 e. The summed E-state index contributed by atoms with van der Waals surface area (Å²) in [6.45, 7) is 1.41. The monoisotopic (exact) mass is 281 g/mol. The molecule has 0 atom stereocenters. The van der Waals surface area contributed by atoms with Gasteiger partial charge in [0.1, 0.15) is 5.75 Å². The lowest BCUT2D eigenvalue weighted by molar-refractivity contribution is 0.278. The summed E-state index contributed by atoms with van der Waals surface area (Å²) in [7, 11) is 0. The molecular weight excluding hydrogens is 262 g/mol. The maximum Gasteiger partial charge on any atom is 0.121 e. The second kappa shape index (κ2) is 6.46. The number of nitrogens with zero attached hydrogens (tertiary/aromatic N) is 1. The van der Waals surface area contributed by atoms with Gasteiger partial charge < -0.3 is 14.4 Å². The van der Waals surface area contributed by atoms with E-state index in [-0.39, 0.29) is 6.61 Å². The van der Waals surface area contributed by atoms with Crippen molar-refractivity contribution in [2.24, 2.45) is 0 Å². The highest BCUT2D eigenvalue weighted by Crippen LogP contribution is 2.22. The van der Waals surface area contributed by atoms with Crippen LogP contribution in [0.5, 0.6) is 5.75 Å². The van der Waals surface area contributed by atoms with Gasteiger partial charge in [-0.05, 0) is 29.1 Å². The third-order valence-electron chi connectivity index (χ3n) is 3.59. The van der Waals surface area contributed by atoms with Crippen LogP contribution in [0.3, 0.4) is 0 Å². The van der Waals surface area contributed by atoms with Gasteiger partial charge in [-0.15, -0.1) is 0 Å². The molecule has 1 heterocycles. The number of benzene rings is 2. The maximum absolute atomic E-state index is 9.08. The Labute approximate surface area is 124 Å². The van der Waals surface area contributed by atoms with Gasteiger partial charge in [-0.25, -0.2) is 0 Å². The Hall–Kier alpha value is -2.26. The van der Waals surface area contributed by atoms with Crippen molar-refractivity contribution >= 4 is 10.9 Å². The van der Waals surface area contributed by atoms with Gasteiger partial charge in [-0.2, -0.15) is 0 Å². The molecule has 3 heteroatoms. The van der Waals surface area contributed by atoms with Gasteiger partial charge in [0.25, 0.3) is 0 Å². The minimum atomic E-state index is 0.142. The van der Waals surface area contributed by atoms with E-state index in [0.717, 1.165) is 17.7 Å². The summed E-state index contributed by atoms with van der Waals surface area (Å²) in [6.07, 6.45) is 2.89. The number of ether oxygens (including phenoxy) is 1. The fraction of sp³-hybridized carbons (Fsp3) is 0.222. The van der Waals surface area contributed by atoms with Crippen LogP contribution in [0.2, 0.25) is 0 Å². The lowest BCUT2D eigenvalue weighted by atomic mass is 10.2. The average Bonchev–Trinajstić information content (AvgIpc) is 2.92. The Kier molecular flexibility index (Phi) is 4.22. The molecule has 0 radical (unpaired) electrons. The molecule has 0 unspecified atom stereocenters. The molecule has 3 nitrogen and oxygen atoms in total. The van der Waals surface area contributed by atoms with Crippen LogP contribution in [0.1, 0.15) is 5.56 Å². The Balaban J connectivity index is 1.68. The fourth-order valence-electron chi connectivity index (χ4n) is 2.49. The summed E-state index contributed by atoms with van der Waals surface area (Å²) in [5.41, 5.74) is 2.38. The van der Waals surface area contributed by atoms with Gasteiger partial charge in [0.05, 0.1) is 18.7 Å². The first-order chi connectivity index (χ1) is 10.4. The molecule has 21 heavy (non-hydrogen) atoms. The summed E-state index contributed by atoms with van der Waals surface area (Å²) >= 11 is 0. The van der Waals surface area contributed by atoms with Crippen molar-refractivity contribution in [2.45, 2.75) is 13.0 Å². The summed E-state index contributed by atoms with van der Waals surface area (Å²) in [6, 6.07) is 18.5. The third kappa shape index (κ3) is 3.26. The number of rotatable bonds is 6. The highest BCUT2D eigenvalue weighted by Gasteiger charge is 2.03. The van der Waals surface area contributed by atoms with Gasteiger partial charge in [0.15, 0.2) is 0 Å². The molecular formula is C18H19NO2. The van der Waals surface area contributed by atoms with Crippen molar-refractivity contribution in [1.29, 1.82) is 0 Å². The van der Waals surface area contributed by atoms with E-state index in [1.54, 1.807) is 0 Å². The van der Waals surface area contributed by atoms with Crippen molar-refractivity contribution in [1.82, 2.24) is 4.57 Å². The quantitative estimate of drug-likeness (QED) is 0.752. The molecule has 3 rings (SSSR count). The molecule has 3 aromatic rings. The van der Waals surface area contributed by atoms with Crippen LogP contribution in [0.25, 0.3) is 10.9 Å². The molecule has 0 fully saturated rings. The van der Waals surface area contributed by atoms with Gasteiger partial charge in [-0.1, -0.05) is 30.3 Å². The summed E-state index contributed by atoms with van der Waals surface area (Å²) < 4.78 is 7.89. The Morgan fingerprint density at radius 3 is 2.67 bits per heavy atom. The second-order valence-corrected chi connectivity index (χ2v) is 5.04. The lowest BCUT2D eigenvalue weighted by Crippen LogP contribution is -2.02. The zero-order valence-corrected chi connectivity index (χ0v) is 11.9. The zero-order chi connectivity index (χ0) is 14.5. The molecule has 2 aromatic carbocycles. The largest absolute Gasteiger partial charge is 0.493 e. The molecule has 0 aliphatic rings. The minimum Gasteiger partial charge on any atom is -0.493 e. The topological polar surface area (TPSA) is 34.4 Å². The minimum absolute atomic E-state index is 0.142. The van der Waals surface area contributed by atoms with Gasteiger partial charge in [-0.3, -0.25) is 0 Å². The summed E-state index contributed by atoms with van der Waals surface area (Å²) in [5, 5.41) is 10.2. The first-order valence-electron chi connectivity index (χ1n) is 7.23. The van der Waals surface area contributed by atoms with E-state index >= 15 is 0 Å². The Bertz CT molecular complexity index is 704. The number of hydrogen-bond acceptors (Lipinski definition) is 2. The maximum atomic E-state index is 9.08. The molecule has 0 saturated heterocycles. The van der Waals surface area contributed by atoms with Crippen LogP contribution < -0.4 is 4.74 Å². The van der Waals surface area contributed by atoms with Crippen molar-refractivity contribution in [2.75, 3.05) is 13.2 Å². The Morgan fingerprint density at radius 2 is 1.86 bits per heavy atom. The molecule has 1 N–H and O–H groups in total. The van der Waals surface area contributed by atoms with E-state index in [2.05, 4.69) is 24.3 Å². The molecule has 0 amide bonds. The van der Waals surface area contributed by atoms with Crippen LogP contribution in [0.4, 0.5) is 0 Å². The first-order valence-corrected chi connectivity index (χ1v) is 7.23. The van der Waals surface area contributed by atoms with Crippen molar-refractivity contribution < 1.29 is 9.84 Å². The van der Waals surface area contributed by atoms with Gasteiger partial charge in [0.2, 0.25) is 0 Å². The molecule has 1 aromatic heterocycles. The Morgan fingerprint density at radius 1 is 1.00 bits per heavy atom. The van der Waals surface area contributed by atoms with Crippen molar-refractivity contribution in [3.8, 4) is 5.75 Å². The average molecular weight is 281 g/mol. The predicted octanol–water partition coefficient (Wildman–Crippen LogP) is 3.26. The van der Waals surface area contributed by atoms with Gasteiger partial charge >= 0.3 is 0 Å². The number of fused-ring (bicyclic) bond motifs is 1. The number of hydrogen-bond donors (Lipinski definition) is 1. The third-order valence-corrected chi connectivity index (χ3v) is 3.59. The highest BCUT2D eigenvalue weighted by molar-refractivity contribution is 5.81. The SMILES string of the molecule is OCCn1ccc2ccc(OCCc3ccccc3)cc21. The van der Waals surface area contributed by atoms with Crippen LogP contribution >= 0.6 is 0 Å². The van der Waals surface area contributed by atoms with Gasteiger partial charge in [0, 0.05) is 25.2 Å². The van der Waals surface area contributed by atoms with Crippen molar-refractivity contribution in [3.63, 3.8) is 0 Å². The summed E-state index contributed by atoms with van der Waals surface area (Å²) in [5.74, 6) is 0.872. The number of aliphatic hydroxyl groups is 1. The van der Waals surface area contributed by atoms with Crippen LogP contribution in [0.15, 0.2) is 60.8 Å². The number of aliphatic hydroxyl groups excluding tert-OH is 1. The van der Waals surface area contributed by atoms with E-state index in [1.165, 1.54) is 10.9 Å². The molecule has 0 spiro atoms. The molecule has 0 aliphatic carbocycles. The molecule has 108 valence electrons.